The first-order valence-corrected chi connectivity index (χ1v) is 6.24. The summed E-state index contributed by atoms with van der Waals surface area (Å²) in [6.45, 7) is 4.01. The predicted molar refractivity (Wildman–Crippen MR) is 71.8 cm³/mol. The van der Waals surface area contributed by atoms with Crippen LogP contribution in [0, 0.1) is 5.41 Å². The Morgan fingerprint density at radius 2 is 2.22 bits per heavy atom. The summed E-state index contributed by atoms with van der Waals surface area (Å²) in [7, 11) is 0. The fourth-order valence-electron chi connectivity index (χ4n) is 2.15. The Morgan fingerprint density at radius 3 is 2.72 bits per heavy atom. The molecule has 0 spiro atoms. The zero-order chi connectivity index (χ0) is 13.5. The van der Waals surface area contributed by atoms with Crippen LogP contribution in [0.15, 0.2) is 18.2 Å². The zero-order valence-electron chi connectivity index (χ0n) is 10.4. The summed E-state index contributed by atoms with van der Waals surface area (Å²) in [5.41, 5.74) is 6.17. The lowest BCUT2D eigenvalue weighted by Crippen LogP contribution is -2.56. The van der Waals surface area contributed by atoms with Crippen LogP contribution in [0.4, 0.5) is 5.69 Å². The second-order valence-electron chi connectivity index (χ2n) is 5.33. The average molecular weight is 269 g/mol. The van der Waals surface area contributed by atoms with Crippen molar-refractivity contribution in [3.8, 4) is 0 Å². The van der Waals surface area contributed by atoms with Crippen LogP contribution in [0.3, 0.4) is 0 Å². The molecular formula is C13H17ClN2O2. The summed E-state index contributed by atoms with van der Waals surface area (Å²) >= 11 is 5.89. The molecule has 1 saturated carbocycles. The van der Waals surface area contributed by atoms with E-state index in [9.17, 15) is 9.90 Å². The Labute approximate surface area is 111 Å². The number of benzene rings is 1. The number of hydrogen-bond donors (Lipinski definition) is 3. The second kappa shape index (κ2) is 4.44. The lowest BCUT2D eigenvalue weighted by atomic mass is 9.64. The first-order chi connectivity index (χ1) is 8.32. The largest absolute Gasteiger partial charge is 0.392 e. The first kappa shape index (κ1) is 13.2. The highest BCUT2D eigenvalue weighted by molar-refractivity contribution is 6.33. The van der Waals surface area contributed by atoms with Crippen LogP contribution in [0.2, 0.25) is 5.02 Å². The maximum atomic E-state index is 11.2. The van der Waals surface area contributed by atoms with E-state index in [0.717, 1.165) is 5.69 Å². The van der Waals surface area contributed by atoms with Gasteiger partial charge in [-0.1, -0.05) is 25.4 Å². The zero-order valence-corrected chi connectivity index (χ0v) is 11.2. The Morgan fingerprint density at radius 1 is 1.56 bits per heavy atom. The molecule has 0 radical (unpaired) electrons. The van der Waals surface area contributed by atoms with Gasteiger partial charge in [0.15, 0.2) is 0 Å². The van der Waals surface area contributed by atoms with E-state index in [1.165, 1.54) is 0 Å². The smallest absolute Gasteiger partial charge is 0.250 e. The molecule has 0 heterocycles. The van der Waals surface area contributed by atoms with Crippen molar-refractivity contribution in [3.05, 3.63) is 28.8 Å². The highest BCUT2D eigenvalue weighted by Crippen LogP contribution is 2.42. The molecule has 0 aliphatic heterocycles. The number of nitrogens with two attached hydrogens (primary N) is 1. The van der Waals surface area contributed by atoms with Gasteiger partial charge in [-0.15, -0.1) is 0 Å². The number of anilines is 1. The maximum absolute atomic E-state index is 11.2. The van der Waals surface area contributed by atoms with Crippen LogP contribution in [0.25, 0.3) is 0 Å². The topological polar surface area (TPSA) is 75.3 Å². The first-order valence-electron chi connectivity index (χ1n) is 5.86. The average Bonchev–Trinajstić information content (AvgIpc) is 2.30. The van der Waals surface area contributed by atoms with Crippen molar-refractivity contribution >= 4 is 23.2 Å². The molecule has 5 heteroatoms. The van der Waals surface area contributed by atoms with Crippen LogP contribution < -0.4 is 11.1 Å². The van der Waals surface area contributed by atoms with Crippen LogP contribution >= 0.6 is 11.6 Å². The van der Waals surface area contributed by atoms with Crippen LogP contribution in [-0.4, -0.2) is 23.2 Å². The van der Waals surface area contributed by atoms with Gasteiger partial charge in [0.2, 0.25) is 5.91 Å². The molecule has 0 bridgehead atoms. The fraction of sp³-hybridized carbons (Fsp3) is 0.462. The molecule has 1 fully saturated rings. The minimum Gasteiger partial charge on any atom is -0.392 e. The van der Waals surface area contributed by atoms with Gasteiger partial charge < -0.3 is 16.2 Å². The Hall–Kier alpha value is -1.26. The van der Waals surface area contributed by atoms with Crippen LogP contribution in [0.1, 0.15) is 30.6 Å². The van der Waals surface area contributed by atoms with Gasteiger partial charge in [-0.25, -0.2) is 0 Å². The third-order valence-corrected chi connectivity index (χ3v) is 4.12. The minimum atomic E-state index is -0.545. The number of hydrogen-bond acceptors (Lipinski definition) is 3. The number of amides is 1. The molecule has 18 heavy (non-hydrogen) atoms. The molecule has 4 nitrogen and oxygen atoms in total. The standard InChI is InChI=1S/C13H17ClN2O2/c1-13(2)10(6-11(13)17)16-7-3-4-9(14)8(5-7)12(15)18/h3-5,10-11,16-17H,6H2,1-2H3,(H2,15,18). The molecule has 2 unspecified atom stereocenters. The van der Waals surface area contributed by atoms with Crippen molar-refractivity contribution < 1.29 is 9.90 Å². The molecule has 2 rings (SSSR count). The van der Waals surface area contributed by atoms with Gasteiger partial charge in [0.05, 0.1) is 16.7 Å². The van der Waals surface area contributed by atoms with Gasteiger partial charge in [0.1, 0.15) is 0 Å². The fourth-order valence-corrected chi connectivity index (χ4v) is 2.36. The van der Waals surface area contributed by atoms with E-state index in [2.05, 4.69) is 5.32 Å². The summed E-state index contributed by atoms with van der Waals surface area (Å²) < 4.78 is 0. The third-order valence-electron chi connectivity index (χ3n) is 3.79. The molecule has 98 valence electrons. The minimum absolute atomic E-state index is 0.174. The van der Waals surface area contributed by atoms with Crippen molar-refractivity contribution in [2.75, 3.05) is 5.32 Å². The normalized spacial score (nSPS) is 25.3. The van der Waals surface area contributed by atoms with Gasteiger partial charge in [0, 0.05) is 17.1 Å². The highest BCUT2D eigenvalue weighted by Gasteiger charge is 2.47. The molecule has 2 atom stereocenters. The van der Waals surface area contributed by atoms with Crippen molar-refractivity contribution in [1.82, 2.24) is 0 Å². The summed E-state index contributed by atoms with van der Waals surface area (Å²) in [5.74, 6) is -0.545. The quantitative estimate of drug-likeness (QED) is 0.785. The second-order valence-corrected chi connectivity index (χ2v) is 5.74. The van der Waals surface area contributed by atoms with Crippen molar-refractivity contribution in [2.45, 2.75) is 32.4 Å². The molecule has 1 aromatic carbocycles. The summed E-state index contributed by atoms with van der Waals surface area (Å²) in [5, 5.41) is 13.3. The monoisotopic (exact) mass is 268 g/mol. The molecule has 1 aliphatic carbocycles. The number of carbonyl (C=O) groups is 1. The number of halogens is 1. The Bertz CT molecular complexity index is 488. The van der Waals surface area contributed by atoms with E-state index in [4.69, 9.17) is 17.3 Å². The molecule has 4 N–H and O–H groups in total. The van der Waals surface area contributed by atoms with E-state index in [-0.39, 0.29) is 17.6 Å². The van der Waals surface area contributed by atoms with Gasteiger partial charge in [-0.05, 0) is 24.6 Å². The number of primary amides is 1. The predicted octanol–water partition coefficient (Wildman–Crippen LogP) is 2.01. The van der Waals surface area contributed by atoms with E-state index in [1.807, 2.05) is 13.8 Å². The summed E-state index contributed by atoms with van der Waals surface area (Å²) in [6, 6.07) is 5.27. The molecule has 1 aliphatic rings. The Kier molecular flexibility index (Phi) is 3.25. The number of rotatable bonds is 3. The van der Waals surface area contributed by atoms with E-state index in [0.29, 0.717) is 17.0 Å². The van der Waals surface area contributed by atoms with Crippen molar-refractivity contribution in [2.24, 2.45) is 11.1 Å². The number of nitrogens with one attached hydrogen (secondary N) is 1. The van der Waals surface area contributed by atoms with Crippen LogP contribution in [-0.2, 0) is 0 Å². The van der Waals surface area contributed by atoms with E-state index >= 15 is 0 Å². The number of aliphatic hydroxyl groups is 1. The molecule has 0 aromatic heterocycles. The molecular weight excluding hydrogens is 252 g/mol. The van der Waals surface area contributed by atoms with Gasteiger partial charge in [-0.3, -0.25) is 4.79 Å². The SMILES string of the molecule is CC1(C)C(O)CC1Nc1ccc(Cl)c(C(N)=O)c1. The van der Waals surface area contributed by atoms with Gasteiger partial charge >= 0.3 is 0 Å². The molecule has 0 saturated heterocycles. The highest BCUT2D eigenvalue weighted by atomic mass is 35.5. The number of carbonyl (C=O) groups excluding carboxylic acids is 1. The van der Waals surface area contributed by atoms with Crippen molar-refractivity contribution in [3.63, 3.8) is 0 Å². The van der Waals surface area contributed by atoms with Crippen LogP contribution in [0.5, 0.6) is 0 Å². The Balaban J connectivity index is 2.16. The lowest BCUT2D eigenvalue weighted by molar-refractivity contribution is -0.0510. The molecule has 1 aromatic rings. The van der Waals surface area contributed by atoms with Crippen molar-refractivity contribution in [1.29, 1.82) is 0 Å². The maximum Gasteiger partial charge on any atom is 0.250 e. The van der Waals surface area contributed by atoms with Gasteiger partial charge in [0.25, 0.3) is 0 Å². The summed E-state index contributed by atoms with van der Waals surface area (Å²) in [4.78, 5) is 11.2. The molecule has 1 amide bonds. The summed E-state index contributed by atoms with van der Waals surface area (Å²) in [6.07, 6.45) is 0.402. The number of aliphatic hydroxyl groups excluding tert-OH is 1. The van der Waals surface area contributed by atoms with E-state index in [1.54, 1.807) is 18.2 Å². The van der Waals surface area contributed by atoms with E-state index < -0.39 is 5.91 Å². The van der Waals surface area contributed by atoms with Gasteiger partial charge in [-0.2, -0.15) is 0 Å². The lowest BCUT2D eigenvalue weighted by Gasteiger charge is -2.49. The third kappa shape index (κ3) is 2.18.